The summed E-state index contributed by atoms with van der Waals surface area (Å²) in [5.41, 5.74) is 1.60. The van der Waals surface area contributed by atoms with Gasteiger partial charge in [0, 0.05) is 23.3 Å². The summed E-state index contributed by atoms with van der Waals surface area (Å²) in [4.78, 5) is 17.6. The van der Waals surface area contributed by atoms with Crippen LogP contribution in [0.2, 0.25) is 0 Å². The minimum absolute atomic E-state index is 0.121. The Hall–Kier alpha value is -1.73. The van der Waals surface area contributed by atoms with Crippen molar-refractivity contribution in [1.82, 2.24) is 14.3 Å². The third kappa shape index (κ3) is 3.03. The van der Waals surface area contributed by atoms with Crippen molar-refractivity contribution in [3.8, 4) is 0 Å². The zero-order valence-corrected chi connectivity index (χ0v) is 15.6. The van der Waals surface area contributed by atoms with Gasteiger partial charge in [-0.15, -0.1) is 0 Å². The molecule has 0 saturated carbocycles. The Morgan fingerprint density at radius 2 is 2.17 bits per heavy atom. The quantitative estimate of drug-likeness (QED) is 0.675. The molecule has 23 heavy (non-hydrogen) atoms. The molecule has 120 valence electrons. The van der Waals surface area contributed by atoms with Crippen molar-refractivity contribution in [2.75, 3.05) is 0 Å². The number of hydrogen-bond acceptors (Lipinski definition) is 3. The Bertz CT molecular complexity index is 935. The fourth-order valence-corrected chi connectivity index (χ4v) is 4.12. The lowest BCUT2D eigenvalue weighted by Crippen LogP contribution is -2.18. The molecule has 5 nitrogen and oxygen atoms in total. The van der Waals surface area contributed by atoms with Gasteiger partial charge < -0.3 is 4.57 Å². The zero-order chi connectivity index (χ0) is 16.6. The van der Waals surface area contributed by atoms with Gasteiger partial charge in [0.25, 0.3) is 5.91 Å². The van der Waals surface area contributed by atoms with Gasteiger partial charge in [-0.05, 0) is 45.0 Å². The number of benzene rings is 1. The molecular formula is C16H17BrN4OS. The predicted molar refractivity (Wildman–Crippen MR) is 95.7 cm³/mol. The molecule has 1 amide bonds. The van der Waals surface area contributed by atoms with E-state index in [1.807, 2.05) is 32.0 Å². The van der Waals surface area contributed by atoms with Crippen molar-refractivity contribution in [1.29, 1.82) is 0 Å². The molecule has 0 aliphatic carbocycles. The van der Waals surface area contributed by atoms with Gasteiger partial charge in [0.15, 0.2) is 4.80 Å². The molecule has 0 atom stereocenters. The normalized spacial score (nSPS) is 12.5. The van der Waals surface area contributed by atoms with Gasteiger partial charge in [0.05, 0.1) is 10.2 Å². The largest absolute Gasteiger partial charge is 0.317 e. The van der Waals surface area contributed by atoms with Crippen LogP contribution in [0.5, 0.6) is 0 Å². The second-order valence-electron chi connectivity index (χ2n) is 5.41. The molecule has 3 rings (SSSR count). The smallest absolute Gasteiger partial charge is 0.297 e. The highest BCUT2D eigenvalue weighted by molar-refractivity contribution is 9.10. The standard InChI is InChI=1S/C16H17BrN4OS/c1-4-20-12-6-5-11(17)9-14(12)23-16(20)19-15(22)13-7-8-18-21(13)10(2)3/h5-10H,4H2,1-3H3. The summed E-state index contributed by atoms with van der Waals surface area (Å²) >= 11 is 5.00. The van der Waals surface area contributed by atoms with Crippen molar-refractivity contribution in [2.45, 2.75) is 33.4 Å². The van der Waals surface area contributed by atoms with Gasteiger partial charge in [-0.3, -0.25) is 9.48 Å². The van der Waals surface area contributed by atoms with Crippen LogP contribution >= 0.6 is 27.3 Å². The number of amides is 1. The number of fused-ring (bicyclic) bond motifs is 1. The molecule has 0 aliphatic heterocycles. The first-order valence-electron chi connectivity index (χ1n) is 7.42. The highest BCUT2D eigenvalue weighted by Crippen LogP contribution is 2.22. The molecule has 0 unspecified atom stereocenters. The van der Waals surface area contributed by atoms with E-state index in [9.17, 15) is 4.79 Å². The molecule has 0 N–H and O–H groups in total. The Balaban J connectivity index is 2.13. The zero-order valence-electron chi connectivity index (χ0n) is 13.2. The molecule has 7 heteroatoms. The minimum Gasteiger partial charge on any atom is -0.317 e. The van der Waals surface area contributed by atoms with Crippen molar-refractivity contribution in [2.24, 2.45) is 4.99 Å². The summed E-state index contributed by atoms with van der Waals surface area (Å²) in [5.74, 6) is -0.260. The number of aromatic nitrogens is 3. The van der Waals surface area contributed by atoms with Crippen LogP contribution in [0.15, 0.2) is 39.9 Å². The number of carbonyl (C=O) groups excluding carboxylic acids is 1. The van der Waals surface area contributed by atoms with Crippen LogP contribution in [0, 0.1) is 0 Å². The number of halogens is 1. The third-order valence-electron chi connectivity index (χ3n) is 3.54. The number of nitrogens with zero attached hydrogens (tertiary/aromatic N) is 4. The van der Waals surface area contributed by atoms with Crippen LogP contribution in [0.4, 0.5) is 0 Å². The van der Waals surface area contributed by atoms with Crippen molar-refractivity contribution in [3.63, 3.8) is 0 Å². The maximum absolute atomic E-state index is 12.6. The summed E-state index contributed by atoms with van der Waals surface area (Å²) in [6.45, 7) is 6.80. The van der Waals surface area contributed by atoms with Gasteiger partial charge in [0.1, 0.15) is 5.69 Å². The van der Waals surface area contributed by atoms with Crippen LogP contribution in [-0.4, -0.2) is 20.3 Å². The average Bonchev–Trinajstić information content (AvgIpc) is 3.10. The molecule has 0 saturated heterocycles. The molecule has 0 fully saturated rings. The SMILES string of the molecule is CCn1c(=NC(=O)c2ccnn2C(C)C)sc2cc(Br)ccc21. The maximum Gasteiger partial charge on any atom is 0.297 e. The van der Waals surface area contributed by atoms with Gasteiger partial charge >= 0.3 is 0 Å². The fourth-order valence-electron chi connectivity index (χ4n) is 2.48. The van der Waals surface area contributed by atoms with Crippen molar-refractivity contribution in [3.05, 3.63) is 45.4 Å². The topological polar surface area (TPSA) is 52.2 Å². The first-order chi connectivity index (χ1) is 11.0. The number of thiazole rings is 1. The van der Waals surface area contributed by atoms with E-state index in [4.69, 9.17) is 0 Å². The lowest BCUT2D eigenvalue weighted by atomic mass is 10.3. The Kier molecular flexibility index (Phi) is 4.50. The second-order valence-corrected chi connectivity index (χ2v) is 7.34. The maximum atomic E-state index is 12.6. The Morgan fingerprint density at radius 1 is 1.39 bits per heavy atom. The number of aryl methyl sites for hydroxylation is 1. The van der Waals surface area contributed by atoms with E-state index in [0.717, 1.165) is 21.2 Å². The van der Waals surface area contributed by atoms with E-state index in [2.05, 4.69) is 37.5 Å². The lowest BCUT2D eigenvalue weighted by molar-refractivity contribution is 0.0986. The molecule has 0 aliphatic rings. The van der Waals surface area contributed by atoms with Crippen LogP contribution in [0.25, 0.3) is 10.2 Å². The molecule has 0 bridgehead atoms. The number of carbonyl (C=O) groups is 1. The number of rotatable bonds is 3. The van der Waals surface area contributed by atoms with E-state index < -0.39 is 0 Å². The minimum atomic E-state index is -0.260. The van der Waals surface area contributed by atoms with Gasteiger partial charge in [0.2, 0.25) is 0 Å². The number of hydrogen-bond donors (Lipinski definition) is 0. The first kappa shape index (κ1) is 16.1. The van der Waals surface area contributed by atoms with Gasteiger partial charge in [-0.2, -0.15) is 10.1 Å². The van der Waals surface area contributed by atoms with Crippen molar-refractivity contribution < 1.29 is 4.79 Å². The molecule has 0 spiro atoms. The third-order valence-corrected chi connectivity index (χ3v) is 5.07. The molecule has 1 aromatic carbocycles. The summed E-state index contributed by atoms with van der Waals surface area (Å²) in [7, 11) is 0. The van der Waals surface area contributed by atoms with E-state index in [1.165, 1.54) is 11.3 Å². The highest BCUT2D eigenvalue weighted by Gasteiger charge is 2.14. The fraction of sp³-hybridized carbons (Fsp3) is 0.312. The summed E-state index contributed by atoms with van der Waals surface area (Å²) in [5, 5.41) is 4.20. The highest BCUT2D eigenvalue weighted by atomic mass is 79.9. The molecule has 3 aromatic rings. The first-order valence-corrected chi connectivity index (χ1v) is 9.03. The lowest BCUT2D eigenvalue weighted by Gasteiger charge is -2.07. The van der Waals surface area contributed by atoms with Crippen molar-refractivity contribution >= 4 is 43.4 Å². The molecule has 2 aromatic heterocycles. The summed E-state index contributed by atoms with van der Waals surface area (Å²) in [6, 6.07) is 7.93. The van der Waals surface area contributed by atoms with Gasteiger partial charge in [-0.25, -0.2) is 0 Å². The Morgan fingerprint density at radius 3 is 2.87 bits per heavy atom. The predicted octanol–water partition coefficient (Wildman–Crippen LogP) is 4.00. The summed E-state index contributed by atoms with van der Waals surface area (Å²) in [6.07, 6.45) is 1.64. The van der Waals surface area contributed by atoms with E-state index >= 15 is 0 Å². The average molecular weight is 393 g/mol. The Labute approximate surface area is 146 Å². The van der Waals surface area contributed by atoms with Gasteiger partial charge in [-0.1, -0.05) is 27.3 Å². The molecule has 0 radical (unpaired) electrons. The van der Waals surface area contributed by atoms with Crippen LogP contribution < -0.4 is 4.80 Å². The van der Waals surface area contributed by atoms with Crippen LogP contribution in [0.3, 0.4) is 0 Å². The van der Waals surface area contributed by atoms with E-state index in [1.54, 1.807) is 16.9 Å². The monoisotopic (exact) mass is 392 g/mol. The van der Waals surface area contributed by atoms with Crippen LogP contribution in [-0.2, 0) is 6.54 Å². The molecule has 2 heterocycles. The second kappa shape index (κ2) is 6.41. The molecular weight excluding hydrogens is 376 g/mol. The van der Waals surface area contributed by atoms with E-state index in [0.29, 0.717) is 10.5 Å². The summed E-state index contributed by atoms with van der Waals surface area (Å²) < 4.78 is 5.88. The van der Waals surface area contributed by atoms with Crippen LogP contribution in [0.1, 0.15) is 37.3 Å². The van der Waals surface area contributed by atoms with E-state index in [-0.39, 0.29) is 11.9 Å².